The molecule has 2 aliphatic heterocycles. The van der Waals surface area contributed by atoms with Crippen LogP contribution in [0.25, 0.3) is 0 Å². The van der Waals surface area contributed by atoms with Crippen molar-refractivity contribution in [2.45, 2.75) is 44.1 Å². The van der Waals surface area contributed by atoms with E-state index in [1.165, 1.54) is 6.07 Å². The van der Waals surface area contributed by atoms with Crippen LogP contribution >= 0.6 is 0 Å². The van der Waals surface area contributed by atoms with Crippen molar-refractivity contribution in [1.29, 1.82) is 0 Å². The molecule has 2 aromatic rings. The average Bonchev–Trinajstić information content (AvgIpc) is 3.08. The van der Waals surface area contributed by atoms with Crippen LogP contribution < -0.4 is 0 Å². The van der Waals surface area contributed by atoms with Gasteiger partial charge in [-0.2, -0.15) is 0 Å². The van der Waals surface area contributed by atoms with Crippen LogP contribution in [0.3, 0.4) is 0 Å². The zero-order valence-electron chi connectivity index (χ0n) is 14.9. The third-order valence-corrected chi connectivity index (χ3v) is 5.53. The van der Waals surface area contributed by atoms with Crippen molar-refractivity contribution < 1.29 is 13.9 Å². The van der Waals surface area contributed by atoms with Gasteiger partial charge in [0.15, 0.2) is 0 Å². The van der Waals surface area contributed by atoms with Crippen LogP contribution in [-0.4, -0.2) is 41.3 Å². The van der Waals surface area contributed by atoms with E-state index in [1.54, 1.807) is 18.5 Å². The zero-order valence-corrected chi connectivity index (χ0v) is 14.9. The van der Waals surface area contributed by atoms with Crippen LogP contribution in [-0.2, 0) is 22.6 Å². The van der Waals surface area contributed by atoms with E-state index in [0.29, 0.717) is 19.8 Å². The third-order valence-electron chi connectivity index (χ3n) is 5.53. The van der Waals surface area contributed by atoms with Crippen molar-refractivity contribution in [1.82, 2.24) is 9.88 Å². The van der Waals surface area contributed by atoms with Gasteiger partial charge in [-0.3, -0.25) is 9.88 Å². The summed E-state index contributed by atoms with van der Waals surface area (Å²) in [6.45, 7) is 3.81. The number of likely N-dealkylation sites (tertiary alicyclic amines) is 1. The molecule has 2 saturated heterocycles. The maximum atomic E-state index is 13.8. The van der Waals surface area contributed by atoms with Crippen LogP contribution in [0.4, 0.5) is 4.39 Å². The summed E-state index contributed by atoms with van der Waals surface area (Å²) in [4.78, 5) is 6.35. The first-order chi connectivity index (χ1) is 12.7. The fraction of sp³-hybridized carbons (Fsp3) is 0.476. The van der Waals surface area contributed by atoms with Crippen LogP contribution in [0.15, 0.2) is 48.8 Å². The Morgan fingerprint density at radius 3 is 2.69 bits per heavy atom. The van der Waals surface area contributed by atoms with Crippen molar-refractivity contribution in [3.63, 3.8) is 0 Å². The van der Waals surface area contributed by atoms with Gasteiger partial charge in [0, 0.05) is 44.0 Å². The summed E-state index contributed by atoms with van der Waals surface area (Å²) in [7, 11) is 0. The molecular weight excluding hydrogens is 331 g/mol. The van der Waals surface area contributed by atoms with E-state index in [9.17, 15) is 4.39 Å². The van der Waals surface area contributed by atoms with Crippen LogP contribution in [0.1, 0.15) is 30.4 Å². The highest BCUT2D eigenvalue weighted by Crippen LogP contribution is 2.37. The molecular formula is C21H25FN2O2. The lowest BCUT2D eigenvalue weighted by Crippen LogP contribution is -2.44. The van der Waals surface area contributed by atoms with Gasteiger partial charge in [0.1, 0.15) is 5.82 Å². The molecule has 1 spiro atoms. The Morgan fingerprint density at radius 2 is 1.92 bits per heavy atom. The number of benzene rings is 1. The standard InChI is InChI=1S/C21H25FN2O2/c22-20-4-2-1-3-18(20)14-24-11-7-21(8-12-24)13-19(16-26-21)25-15-17-5-9-23-10-6-17/h1-6,9-10,19H,7-8,11-16H2/t19-/m0/s1. The molecule has 5 heteroatoms. The summed E-state index contributed by atoms with van der Waals surface area (Å²) in [5.74, 6) is -0.116. The lowest BCUT2D eigenvalue weighted by Gasteiger charge is -2.38. The van der Waals surface area contributed by atoms with Gasteiger partial charge >= 0.3 is 0 Å². The number of hydrogen-bond acceptors (Lipinski definition) is 4. The number of piperidine rings is 1. The molecule has 2 fully saturated rings. The molecule has 0 unspecified atom stereocenters. The minimum absolute atomic E-state index is 0.0609. The molecule has 4 nitrogen and oxygen atoms in total. The molecule has 138 valence electrons. The normalized spacial score (nSPS) is 22.7. The van der Waals surface area contributed by atoms with Gasteiger partial charge in [-0.15, -0.1) is 0 Å². The molecule has 26 heavy (non-hydrogen) atoms. The number of ether oxygens (including phenoxy) is 2. The van der Waals surface area contributed by atoms with Crippen molar-refractivity contribution in [3.8, 4) is 0 Å². The molecule has 0 aliphatic carbocycles. The monoisotopic (exact) mass is 356 g/mol. The van der Waals surface area contributed by atoms with E-state index in [4.69, 9.17) is 9.47 Å². The summed E-state index contributed by atoms with van der Waals surface area (Å²) >= 11 is 0. The molecule has 2 aliphatic rings. The molecule has 3 heterocycles. The Labute approximate surface area is 153 Å². The number of aromatic nitrogens is 1. The fourth-order valence-electron chi connectivity index (χ4n) is 3.94. The maximum absolute atomic E-state index is 13.8. The van der Waals surface area contributed by atoms with Gasteiger partial charge in [0.2, 0.25) is 0 Å². The van der Waals surface area contributed by atoms with E-state index < -0.39 is 0 Å². The Bertz CT molecular complexity index is 717. The van der Waals surface area contributed by atoms with Gasteiger partial charge in [-0.05, 0) is 36.6 Å². The maximum Gasteiger partial charge on any atom is 0.127 e. The highest BCUT2D eigenvalue weighted by molar-refractivity contribution is 5.17. The molecule has 1 aromatic carbocycles. The molecule has 0 amide bonds. The van der Waals surface area contributed by atoms with Crippen LogP contribution in [0.2, 0.25) is 0 Å². The highest BCUT2D eigenvalue weighted by atomic mass is 19.1. The summed E-state index contributed by atoms with van der Waals surface area (Å²) in [5, 5.41) is 0. The van der Waals surface area contributed by atoms with E-state index in [1.807, 2.05) is 24.3 Å². The molecule has 0 saturated carbocycles. The Kier molecular flexibility index (Phi) is 5.29. The minimum Gasteiger partial charge on any atom is -0.372 e. The first-order valence-electron chi connectivity index (χ1n) is 9.33. The van der Waals surface area contributed by atoms with E-state index in [0.717, 1.165) is 43.5 Å². The lowest BCUT2D eigenvalue weighted by molar-refractivity contribution is -0.0469. The first-order valence-corrected chi connectivity index (χ1v) is 9.33. The highest BCUT2D eigenvalue weighted by Gasteiger charge is 2.43. The fourth-order valence-corrected chi connectivity index (χ4v) is 3.94. The average molecular weight is 356 g/mol. The van der Waals surface area contributed by atoms with Crippen molar-refractivity contribution in [3.05, 3.63) is 65.7 Å². The molecule has 0 radical (unpaired) electrons. The number of pyridine rings is 1. The number of nitrogens with zero attached hydrogens (tertiary/aromatic N) is 2. The van der Waals surface area contributed by atoms with Gasteiger partial charge in [0.05, 0.1) is 24.9 Å². The summed E-state index contributed by atoms with van der Waals surface area (Å²) in [6, 6.07) is 11.0. The van der Waals surface area contributed by atoms with Crippen molar-refractivity contribution >= 4 is 0 Å². The van der Waals surface area contributed by atoms with Gasteiger partial charge < -0.3 is 9.47 Å². The quantitative estimate of drug-likeness (QED) is 0.820. The van der Waals surface area contributed by atoms with E-state index >= 15 is 0 Å². The predicted octanol–water partition coefficient (Wildman–Crippen LogP) is 3.56. The first kappa shape index (κ1) is 17.6. The van der Waals surface area contributed by atoms with Crippen molar-refractivity contribution in [2.75, 3.05) is 19.7 Å². The SMILES string of the molecule is Fc1ccccc1CN1CCC2(CC1)C[C@H](OCc1ccncc1)CO2. The zero-order chi connectivity index (χ0) is 17.8. The summed E-state index contributed by atoms with van der Waals surface area (Å²) in [6.07, 6.45) is 6.65. The van der Waals surface area contributed by atoms with Crippen LogP contribution in [0.5, 0.6) is 0 Å². The van der Waals surface area contributed by atoms with Crippen molar-refractivity contribution in [2.24, 2.45) is 0 Å². The molecule has 4 rings (SSSR count). The molecule has 0 bridgehead atoms. The second-order valence-corrected chi connectivity index (χ2v) is 7.35. The second kappa shape index (κ2) is 7.82. The predicted molar refractivity (Wildman–Crippen MR) is 97.0 cm³/mol. The number of halogens is 1. The lowest BCUT2D eigenvalue weighted by atomic mass is 9.88. The Balaban J connectivity index is 1.26. The second-order valence-electron chi connectivity index (χ2n) is 7.35. The third kappa shape index (κ3) is 4.11. The number of hydrogen-bond donors (Lipinski definition) is 0. The number of rotatable bonds is 5. The van der Waals surface area contributed by atoms with E-state index in [2.05, 4.69) is 9.88 Å². The van der Waals surface area contributed by atoms with Gasteiger partial charge in [-0.1, -0.05) is 18.2 Å². The molecule has 1 aromatic heterocycles. The minimum atomic E-state index is -0.116. The summed E-state index contributed by atoms with van der Waals surface area (Å²) in [5.41, 5.74) is 1.85. The Morgan fingerprint density at radius 1 is 1.15 bits per heavy atom. The molecule has 0 N–H and O–H groups in total. The van der Waals surface area contributed by atoms with E-state index in [-0.39, 0.29) is 17.5 Å². The van der Waals surface area contributed by atoms with Gasteiger partial charge in [-0.25, -0.2) is 4.39 Å². The topological polar surface area (TPSA) is 34.6 Å². The molecule has 1 atom stereocenters. The van der Waals surface area contributed by atoms with Gasteiger partial charge in [0.25, 0.3) is 0 Å². The van der Waals surface area contributed by atoms with Crippen LogP contribution in [0, 0.1) is 5.82 Å². The smallest absolute Gasteiger partial charge is 0.127 e. The summed E-state index contributed by atoms with van der Waals surface area (Å²) < 4.78 is 26.0. The largest absolute Gasteiger partial charge is 0.372 e. The Hall–Kier alpha value is -1.82.